The minimum Gasteiger partial charge on any atom is -0.508 e. The number of carbonyl (C=O) groups excluding carboxylic acids is 4. The maximum Gasteiger partial charge on any atom is 0.255 e. The molecule has 3 aliphatic rings. The molecule has 0 aromatic heterocycles. The fraction of sp³-hybridized carbons (Fsp3) is 0.440. The molecule has 0 saturated heterocycles. The maximum atomic E-state index is 13.8. The molecule has 11 nitrogen and oxygen atoms in total. The third-order valence-corrected chi connectivity index (χ3v) is 7.36. The van der Waals surface area contributed by atoms with Crippen LogP contribution in [0.15, 0.2) is 29.0 Å². The number of carbonyl (C=O) groups is 4. The first-order chi connectivity index (χ1) is 16.7. The number of amides is 1. The number of ketones is 3. The number of fused-ring (bicyclic) bond motifs is 3. The van der Waals surface area contributed by atoms with Crippen molar-refractivity contribution in [1.29, 1.82) is 0 Å². The number of primary amides is 1. The molecule has 6 N–H and O–H groups in total. The summed E-state index contributed by atoms with van der Waals surface area (Å²) in [4.78, 5) is 54.9. The summed E-state index contributed by atoms with van der Waals surface area (Å²) in [6, 6.07) is 1.54. The van der Waals surface area contributed by atoms with Gasteiger partial charge in [0.25, 0.3) is 5.91 Å². The second-order valence-corrected chi connectivity index (χ2v) is 10.1. The van der Waals surface area contributed by atoms with E-state index in [-0.39, 0.29) is 47.6 Å². The van der Waals surface area contributed by atoms with E-state index in [1.807, 2.05) is 0 Å². The van der Waals surface area contributed by atoms with Crippen LogP contribution in [0.25, 0.3) is 5.76 Å². The van der Waals surface area contributed by atoms with Crippen LogP contribution in [0.5, 0.6) is 5.75 Å². The number of rotatable bonds is 5. The Morgan fingerprint density at radius 2 is 1.75 bits per heavy atom. The second kappa shape index (κ2) is 8.54. The first-order valence-electron chi connectivity index (χ1n) is 11.4. The Bertz CT molecular complexity index is 1280. The van der Waals surface area contributed by atoms with E-state index in [9.17, 15) is 39.6 Å². The van der Waals surface area contributed by atoms with Crippen LogP contribution in [0.2, 0.25) is 0 Å². The Morgan fingerprint density at radius 1 is 1.11 bits per heavy atom. The van der Waals surface area contributed by atoms with Gasteiger partial charge in [-0.3, -0.25) is 24.1 Å². The molecule has 36 heavy (non-hydrogen) atoms. The quantitative estimate of drug-likeness (QED) is 0.267. The lowest BCUT2D eigenvalue weighted by molar-refractivity contribution is -0.153. The minimum atomic E-state index is -2.70. The monoisotopic (exact) mass is 499 g/mol. The highest BCUT2D eigenvalue weighted by Gasteiger charge is 2.64. The maximum absolute atomic E-state index is 13.8. The Morgan fingerprint density at radius 3 is 2.31 bits per heavy atom. The van der Waals surface area contributed by atoms with Crippen LogP contribution in [0.1, 0.15) is 27.9 Å². The van der Waals surface area contributed by atoms with E-state index in [1.54, 1.807) is 19.0 Å². The van der Waals surface area contributed by atoms with E-state index in [4.69, 9.17) is 5.73 Å². The van der Waals surface area contributed by atoms with Gasteiger partial charge in [0.1, 0.15) is 22.8 Å². The number of phenols is 1. The molecule has 192 valence electrons. The molecular weight excluding hydrogens is 470 g/mol. The van der Waals surface area contributed by atoms with Crippen LogP contribution < -0.4 is 5.73 Å². The van der Waals surface area contributed by atoms with Crippen molar-refractivity contribution in [3.05, 3.63) is 45.7 Å². The van der Waals surface area contributed by atoms with Crippen LogP contribution in [0.3, 0.4) is 0 Å². The van der Waals surface area contributed by atoms with Gasteiger partial charge in [0, 0.05) is 17.1 Å². The van der Waals surface area contributed by atoms with Crippen molar-refractivity contribution in [2.24, 2.45) is 17.6 Å². The molecular formula is C25H29N3O8. The van der Waals surface area contributed by atoms with Gasteiger partial charge in [-0.2, -0.15) is 0 Å². The number of hydrogen-bond acceptors (Lipinski definition) is 10. The average Bonchev–Trinajstić information content (AvgIpc) is 2.75. The molecule has 4 atom stereocenters. The largest absolute Gasteiger partial charge is 0.508 e. The van der Waals surface area contributed by atoms with Crippen LogP contribution in [-0.4, -0.2) is 99.9 Å². The van der Waals surface area contributed by atoms with Crippen LogP contribution >= 0.6 is 0 Å². The molecule has 1 fully saturated rings. The van der Waals surface area contributed by atoms with Crippen LogP contribution in [-0.2, 0) is 20.8 Å². The molecule has 1 amide bonds. The number of likely N-dealkylation sites (N-methyl/N-ethyl adjacent to an activating group) is 2. The molecule has 0 aliphatic heterocycles. The number of nitrogens with zero attached hydrogens (tertiary/aromatic N) is 2. The number of aliphatic hydroxyl groups is 3. The Labute approximate surface area is 207 Å². The molecule has 0 radical (unpaired) electrons. The van der Waals surface area contributed by atoms with Gasteiger partial charge in [0.15, 0.2) is 17.2 Å². The zero-order valence-corrected chi connectivity index (χ0v) is 20.4. The van der Waals surface area contributed by atoms with E-state index >= 15 is 0 Å². The van der Waals surface area contributed by atoms with Gasteiger partial charge in [-0.1, -0.05) is 0 Å². The number of aromatic hydroxyl groups is 1. The van der Waals surface area contributed by atoms with Crippen LogP contribution in [0.4, 0.5) is 0 Å². The summed E-state index contributed by atoms with van der Waals surface area (Å²) in [5, 5.41) is 44.1. The van der Waals surface area contributed by atoms with Crippen molar-refractivity contribution in [3.8, 4) is 5.75 Å². The zero-order chi connectivity index (χ0) is 26.9. The van der Waals surface area contributed by atoms with Gasteiger partial charge >= 0.3 is 0 Å². The molecule has 0 heterocycles. The van der Waals surface area contributed by atoms with E-state index < -0.39 is 58.0 Å². The van der Waals surface area contributed by atoms with Gasteiger partial charge in [-0.05, 0) is 64.6 Å². The summed E-state index contributed by atoms with van der Waals surface area (Å²) < 4.78 is 0. The minimum absolute atomic E-state index is 0.0390. The highest BCUT2D eigenvalue weighted by Crippen LogP contribution is 2.52. The van der Waals surface area contributed by atoms with Crippen molar-refractivity contribution >= 4 is 29.0 Å². The Balaban J connectivity index is 1.95. The SMILES string of the molecule is CN(C)CC(=O)c1ccc(O)c2c1CC1CC3C(N(C)C)C(=O)C(C(N)=O)=C(O)[C@@]3(O)C(=O)C1=C2O. The molecule has 0 bridgehead atoms. The second-order valence-electron chi connectivity index (χ2n) is 10.1. The summed E-state index contributed by atoms with van der Waals surface area (Å²) in [7, 11) is 6.51. The number of nitrogens with two attached hydrogens (primary N) is 1. The fourth-order valence-corrected chi connectivity index (χ4v) is 5.88. The Hall–Kier alpha value is -3.54. The molecule has 3 unspecified atom stereocenters. The van der Waals surface area contributed by atoms with E-state index in [2.05, 4.69) is 0 Å². The third-order valence-electron chi connectivity index (χ3n) is 7.36. The molecule has 4 rings (SSSR count). The van der Waals surface area contributed by atoms with Crippen molar-refractivity contribution in [3.63, 3.8) is 0 Å². The van der Waals surface area contributed by atoms with Gasteiger partial charge < -0.3 is 31.1 Å². The topological polar surface area (TPSA) is 182 Å². The highest BCUT2D eigenvalue weighted by molar-refractivity contribution is 6.24. The average molecular weight is 500 g/mol. The van der Waals surface area contributed by atoms with Gasteiger partial charge in [-0.15, -0.1) is 0 Å². The fourth-order valence-electron chi connectivity index (χ4n) is 5.88. The zero-order valence-electron chi connectivity index (χ0n) is 20.4. The Kier molecular flexibility index (Phi) is 6.06. The van der Waals surface area contributed by atoms with Gasteiger partial charge in [-0.25, -0.2) is 0 Å². The molecule has 1 aromatic rings. The van der Waals surface area contributed by atoms with Crippen molar-refractivity contribution in [1.82, 2.24) is 9.80 Å². The summed E-state index contributed by atoms with van der Waals surface area (Å²) in [6.07, 6.45) is 0.0279. The van der Waals surface area contributed by atoms with Crippen molar-refractivity contribution < 1.29 is 39.6 Å². The predicted molar refractivity (Wildman–Crippen MR) is 127 cm³/mol. The van der Waals surface area contributed by atoms with Crippen molar-refractivity contribution in [2.45, 2.75) is 24.5 Å². The highest BCUT2D eigenvalue weighted by atomic mass is 16.3. The first-order valence-corrected chi connectivity index (χ1v) is 11.4. The lowest BCUT2D eigenvalue weighted by atomic mass is 9.57. The smallest absolute Gasteiger partial charge is 0.255 e. The summed E-state index contributed by atoms with van der Waals surface area (Å²) in [5.74, 6) is -7.49. The number of benzene rings is 1. The molecule has 11 heteroatoms. The summed E-state index contributed by atoms with van der Waals surface area (Å²) in [5.41, 5.74) is 2.02. The lowest BCUT2D eigenvalue weighted by Crippen LogP contribution is -2.65. The predicted octanol–water partition coefficient (Wildman–Crippen LogP) is -0.292. The summed E-state index contributed by atoms with van der Waals surface area (Å²) in [6.45, 7) is 0.0757. The molecule has 1 aromatic carbocycles. The first kappa shape index (κ1) is 25.5. The van der Waals surface area contributed by atoms with E-state index in [0.29, 0.717) is 5.56 Å². The number of aliphatic hydroxyl groups excluding tert-OH is 2. The van der Waals surface area contributed by atoms with Crippen LogP contribution in [0, 0.1) is 11.8 Å². The standard InChI is InChI=1S/C25H29N3O8/c1-27(2)9-15(30)11-5-6-14(29)17-12(11)7-10-8-13-19(28(3)4)21(32)18(24(26)35)23(34)25(13,36)22(33)16(10)20(17)31/h5-6,10,13,19,29,31,34,36H,7-9H2,1-4H3,(H2,26,35)/t10?,13?,19?,25-/m0/s1. The molecule has 1 saturated carbocycles. The van der Waals surface area contributed by atoms with E-state index in [1.165, 1.54) is 31.1 Å². The number of Topliss-reactive ketones (excluding diaryl/α,β-unsaturated/α-hetero) is 3. The summed E-state index contributed by atoms with van der Waals surface area (Å²) >= 11 is 0. The molecule has 3 aliphatic carbocycles. The number of hydrogen-bond donors (Lipinski definition) is 5. The van der Waals surface area contributed by atoms with Crippen molar-refractivity contribution in [2.75, 3.05) is 34.7 Å². The normalized spacial score (nSPS) is 27.8. The molecule has 0 spiro atoms. The van der Waals surface area contributed by atoms with Gasteiger partial charge in [0.2, 0.25) is 5.78 Å². The number of phenolic OH excluding ortho intramolecular Hbond substituents is 1. The third kappa shape index (κ3) is 3.46. The van der Waals surface area contributed by atoms with Gasteiger partial charge in [0.05, 0.1) is 18.2 Å². The lowest BCUT2D eigenvalue weighted by Gasteiger charge is -2.50. The van der Waals surface area contributed by atoms with E-state index in [0.717, 1.165) is 0 Å².